The van der Waals surface area contributed by atoms with Crippen molar-refractivity contribution in [1.29, 1.82) is 0 Å². The summed E-state index contributed by atoms with van der Waals surface area (Å²) in [7, 11) is 1.58. The molecule has 1 atom stereocenters. The lowest BCUT2D eigenvalue weighted by molar-refractivity contribution is -0.144. The summed E-state index contributed by atoms with van der Waals surface area (Å²) in [5.41, 5.74) is 0.0547. The zero-order valence-corrected chi connectivity index (χ0v) is 12.1. The van der Waals surface area contributed by atoms with Gasteiger partial charge in [0.25, 0.3) is 5.91 Å². The number of carboxylic acids is 1. The van der Waals surface area contributed by atoms with E-state index in [9.17, 15) is 14.7 Å². The zero-order valence-electron chi connectivity index (χ0n) is 12.1. The SMILES string of the molecule is CCCC(C)(NC(=O)c1cccc(COC)c1)C(=O)O. The fourth-order valence-corrected chi connectivity index (χ4v) is 2.01. The molecule has 0 bridgehead atoms. The van der Waals surface area contributed by atoms with E-state index in [1.165, 1.54) is 6.92 Å². The van der Waals surface area contributed by atoms with Crippen LogP contribution in [0.5, 0.6) is 0 Å². The Hall–Kier alpha value is -1.88. The largest absolute Gasteiger partial charge is 0.480 e. The molecule has 0 fully saturated rings. The minimum atomic E-state index is -1.25. The van der Waals surface area contributed by atoms with Crippen molar-refractivity contribution in [3.8, 4) is 0 Å². The van der Waals surface area contributed by atoms with Crippen LogP contribution in [0, 0.1) is 0 Å². The van der Waals surface area contributed by atoms with Gasteiger partial charge in [-0.05, 0) is 31.0 Å². The predicted octanol–water partition coefficient (Wildman–Crippen LogP) is 2.21. The molecule has 1 aromatic rings. The van der Waals surface area contributed by atoms with Crippen LogP contribution in [-0.2, 0) is 16.1 Å². The first-order chi connectivity index (χ1) is 9.42. The predicted molar refractivity (Wildman–Crippen MR) is 75.6 cm³/mol. The molecular formula is C15H21NO4. The second-order valence-electron chi connectivity index (χ2n) is 4.97. The molecule has 0 spiro atoms. The Labute approximate surface area is 118 Å². The molecule has 20 heavy (non-hydrogen) atoms. The van der Waals surface area contributed by atoms with Crippen LogP contribution in [0.2, 0.25) is 0 Å². The minimum absolute atomic E-state index is 0.381. The van der Waals surface area contributed by atoms with Crippen LogP contribution in [0.4, 0.5) is 0 Å². The van der Waals surface area contributed by atoms with Crippen molar-refractivity contribution in [2.24, 2.45) is 0 Å². The first-order valence-electron chi connectivity index (χ1n) is 6.56. The fraction of sp³-hybridized carbons (Fsp3) is 0.467. The molecule has 1 amide bonds. The number of hydrogen-bond acceptors (Lipinski definition) is 3. The molecular weight excluding hydrogens is 258 g/mol. The highest BCUT2D eigenvalue weighted by Crippen LogP contribution is 2.15. The molecule has 2 N–H and O–H groups in total. The van der Waals surface area contributed by atoms with Gasteiger partial charge < -0.3 is 15.2 Å². The number of carboxylic acid groups (broad SMARTS) is 1. The molecule has 1 aromatic carbocycles. The third kappa shape index (κ3) is 4.06. The molecule has 110 valence electrons. The summed E-state index contributed by atoms with van der Waals surface area (Å²) in [6, 6.07) is 6.96. The van der Waals surface area contributed by atoms with Gasteiger partial charge in [0, 0.05) is 12.7 Å². The zero-order chi connectivity index (χ0) is 15.2. The summed E-state index contributed by atoms with van der Waals surface area (Å²) in [6.07, 6.45) is 1.05. The van der Waals surface area contributed by atoms with E-state index in [1.807, 2.05) is 13.0 Å². The standard InChI is InChI=1S/C15H21NO4/c1-4-8-15(2,14(18)19)16-13(17)12-7-5-6-11(9-12)10-20-3/h5-7,9H,4,8,10H2,1-3H3,(H,16,17)(H,18,19). The van der Waals surface area contributed by atoms with Gasteiger partial charge >= 0.3 is 5.97 Å². The average Bonchev–Trinajstić information content (AvgIpc) is 2.39. The monoisotopic (exact) mass is 279 g/mol. The van der Waals surface area contributed by atoms with Gasteiger partial charge in [-0.25, -0.2) is 4.79 Å². The van der Waals surface area contributed by atoms with Crippen LogP contribution >= 0.6 is 0 Å². The third-order valence-corrected chi connectivity index (χ3v) is 3.11. The van der Waals surface area contributed by atoms with E-state index in [0.29, 0.717) is 25.0 Å². The molecule has 1 unspecified atom stereocenters. The van der Waals surface area contributed by atoms with E-state index in [4.69, 9.17) is 4.74 Å². The van der Waals surface area contributed by atoms with Crippen LogP contribution in [0.25, 0.3) is 0 Å². The van der Waals surface area contributed by atoms with Gasteiger partial charge in [-0.2, -0.15) is 0 Å². The lowest BCUT2D eigenvalue weighted by Gasteiger charge is -2.25. The Kier molecular flexibility index (Phi) is 5.70. The van der Waals surface area contributed by atoms with Crippen LogP contribution in [0.1, 0.15) is 42.6 Å². The lowest BCUT2D eigenvalue weighted by atomic mass is 9.95. The van der Waals surface area contributed by atoms with E-state index >= 15 is 0 Å². The van der Waals surface area contributed by atoms with Crippen molar-refractivity contribution in [3.63, 3.8) is 0 Å². The number of carbonyl (C=O) groups excluding carboxylic acids is 1. The minimum Gasteiger partial charge on any atom is -0.480 e. The van der Waals surface area contributed by atoms with Crippen LogP contribution in [0.15, 0.2) is 24.3 Å². The summed E-state index contributed by atoms with van der Waals surface area (Å²) in [6.45, 7) is 3.81. The molecule has 0 aliphatic heterocycles. The van der Waals surface area contributed by atoms with E-state index in [0.717, 1.165) is 5.56 Å². The van der Waals surface area contributed by atoms with Crippen molar-refractivity contribution < 1.29 is 19.4 Å². The molecule has 0 saturated carbocycles. The first kappa shape index (κ1) is 16.2. The van der Waals surface area contributed by atoms with Gasteiger partial charge in [0.1, 0.15) is 5.54 Å². The Morgan fingerprint density at radius 1 is 1.40 bits per heavy atom. The molecule has 5 heteroatoms. The van der Waals surface area contributed by atoms with Crippen molar-refractivity contribution in [2.75, 3.05) is 7.11 Å². The fourth-order valence-electron chi connectivity index (χ4n) is 2.01. The maximum absolute atomic E-state index is 12.2. The van der Waals surface area contributed by atoms with E-state index in [2.05, 4.69) is 5.32 Å². The summed E-state index contributed by atoms with van der Waals surface area (Å²) >= 11 is 0. The highest BCUT2D eigenvalue weighted by Gasteiger charge is 2.34. The molecule has 0 heterocycles. The van der Waals surface area contributed by atoms with Gasteiger partial charge in [0.2, 0.25) is 0 Å². The first-order valence-corrected chi connectivity index (χ1v) is 6.56. The van der Waals surface area contributed by atoms with Crippen molar-refractivity contribution in [1.82, 2.24) is 5.32 Å². The molecule has 5 nitrogen and oxygen atoms in total. The molecule has 0 aliphatic carbocycles. The Morgan fingerprint density at radius 2 is 2.10 bits per heavy atom. The number of nitrogens with one attached hydrogen (secondary N) is 1. The second kappa shape index (κ2) is 7.05. The summed E-state index contributed by atoms with van der Waals surface area (Å²) in [4.78, 5) is 23.5. The molecule has 0 aromatic heterocycles. The number of amides is 1. The smallest absolute Gasteiger partial charge is 0.329 e. The van der Waals surface area contributed by atoms with E-state index in [1.54, 1.807) is 25.3 Å². The quantitative estimate of drug-likeness (QED) is 0.802. The van der Waals surface area contributed by atoms with E-state index in [-0.39, 0.29) is 5.91 Å². The lowest BCUT2D eigenvalue weighted by Crippen LogP contribution is -2.52. The molecule has 1 rings (SSSR count). The van der Waals surface area contributed by atoms with E-state index < -0.39 is 11.5 Å². The molecule has 0 radical (unpaired) electrons. The molecule has 0 aliphatic rings. The van der Waals surface area contributed by atoms with Crippen molar-refractivity contribution >= 4 is 11.9 Å². The number of rotatable bonds is 7. The van der Waals surface area contributed by atoms with Gasteiger partial charge in [-0.15, -0.1) is 0 Å². The third-order valence-electron chi connectivity index (χ3n) is 3.11. The second-order valence-corrected chi connectivity index (χ2v) is 4.97. The number of methoxy groups -OCH3 is 1. The maximum atomic E-state index is 12.2. The summed E-state index contributed by atoms with van der Waals surface area (Å²) < 4.78 is 5.01. The highest BCUT2D eigenvalue weighted by molar-refractivity contribution is 5.97. The Bertz CT molecular complexity index is 487. The number of carbonyl (C=O) groups is 2. The summed E-state index contributed by atoms with van der Waals surface area (Å²) in [5.74, 6) is -1.41. The van der Waals surface area contributed by atoms with Crippen LogP contribution in [-0.4, -0.2) is 29.6 Å². The average molecular weight is 279 g/mol. The van der Waals surface area contributed by atoms with Crippen molar-refractivity contribution in [3.05, 3.63) is 35.4 Å². The van der Waals surface area contributed by atoms with Crippen molar-refractivity contribution in [2.45, 2.75) is 38.8 Å². The van der Waals surface area contributed by atoms with Gasteiger partial charge in [-0.1, -0.05) is 25.5 Å². The molecule has 0 saturated heterocycles. The summed E-state index contributed by atoms with van der Waals surface area (Å²) in [5, 5.41) is 11.9. The number of benzene rings is 1. The van der Waals surface area contributed by atoms with Crippen LogP contribution in [0.3, 0.4) is 0 Å². The Morgan fingerprint density at radius 3 is 2.65 bits per heavy atom. The topological polar surface area (TPSA) is 75.6 Å². The number of hydrogen-bond donors (Lipinski definition) is 2. The Balaban J connectivity index is 2.89. The maximum Gasteiger partial charge on any atom is 0.329 e. The number of ether oxygens (including phenoxy) is 1. The normalized spacial score (nSPS) is 13.6. The number of aliphatic carboxylic acids is 1. The van der Waals surface area contributed by atoms with Gasteiger partial charge in [0.15, 0.2) is 0 Å². The van der Waals surface area contributed by atoms with Gasteiger partial charge in [-0.3, -0.25) is 4.79 Å². The van der Waals surface area contributed by atoms with Gasteiger partial charge in [0.05, 0.1) is 6.61 Å². The van der Waals surface area contributed by atoms with Crippen LogP contribution < -0.4 is 5.32 Å². The highest BCUT2D eigenvalue weighted by atomic mass is 16.5.